The molecule has 0 saturated carbocycles. The Kier molecular flexibility index (Phi) is 5.55. The fraction of sp³-hybridized carbons (Fsp3) is 0.438. The zero-order valence-corrected chi connectivity index (χ0v) is 12.5. The van der Waals surface area contributed by atoms with Crippen molar-refractivity contribution in [3.8, 4) is 0 Å². The molecule has 0 amide bonds. The molecule has 0 aliphatic carbocycles. The standard InChI is InChI=1S/C16H22N2S/c1-3-4-14-5-7-15(8-6-14)13(2)17-10-9-16-18-11-12-19-16/h5-8,11-13,17H,3-4,9-10H2,1-2H3. The molecule has 0 fully saturated rings. The number of aromatic nitrogens is 1. The second-order valence-electron chi connectivity index (χ2n) is 4.84. The third-order valence-corrected chi connectivity index (χ3v) is 4.13. The quantitative estimate of drug-likeness (QED) is 0.826. The van der Waals surface area contributed by atoms with Gasteiger partial charge in [0.2, 0.25) is 0 Å². The Morgan fingerprint density at radius 2 is 2.00 bits per heavy atom. The Morgan fingerprint density at radius 1 is 1.21 bits per heavy atom. The summed E-state index contributed by atoms with van der Waals surface area (Å²) in [4.78, 5) is 4.30. The Hall–Kier alpha value is -1.19. The number of thiazole rings is 1. The maximum Gasteiger partial charge on any atom is 0.0937 e. The third kappa shape index (κ3) is 4.44. The summed E-state index contributed by atoms with van der Waals surface area (Å²) in [5.41, 5.74) is 2.79. The highest BCUT2D eigenvalue weighted by atomic mass is 32.1. The fourth-order valence-corrected chi connectivity index (χ4v) is 2.77. The van der Waals surface area contributed by atoms with E-state index < -0.39 is 0 Å². The van der Waals surface area contributed by atoms with Crippen LogP contribution in [0.1, 0.15) is 42.4 Å². The predicted octanol–water partition coefficient (Wildman–Crippen LogP) is 3.99. The summed E-state index contributed by atoms with van der Waals surface area (Å²) >= 11 is 1.73. The van der Waals surface area contributed by atoms with Crippen LogP contribution in [0.4, 0.5) is 0 Å². The molecule has 2 aromatic rings. The van der Waals surface area contributed by atoms with E-state index in [2.05, 4.69) is 48.4 Å². The first kappa shape index (κ1) is 14.2. The van der Waals surface area contributed by atoms with Crippen molar-refractivity contribution in [2.24, 2.45) is 0 Å². The minimum Gasteiger partial charge on any atom is -0.310 e. The molecule has 19 heavy (non-hydrogen) atoms. The zero-order valence-electron chi connectivity index (χ0n) is 11.7. The summed E-state index contributed by atoms with van der Waals surface area (Å²) in [6.07, 6.45) is 5.26. The molecule has 0 radical (unpaired) electrons. The van der Waals surface area contributed by atoms with E-state index >= 15 is 0 Å². The molecule has 1 aromatic heterocycles. The van der Waals surface area contributed by atoms with E-state index in [0.29, 0.717) is 6.04 Å². The lowest BCUT2D eigenvalue weighted by Gasteiger charge is -2.14. The zero-order chi connectivity index (χ0) is 13.5. The molecule has 102 valence electrons. The topological polar surface area (TPSA) is 24.9 Å². The largest absolute Gasteiger partial charge is 0.310 e. The van der Waals surface area contributed by atoms with E-state index in [1.54, 1.807) is 11.3 Å². The number of aryl methyl sites for hydroxylation is 1. The lowest BCUT2D eigenvalue weighted by molar-refractivity contribution is 0.576. The van der Waals surface area contributed by atoms with Crippen molar-refractivity contribution in [3.05, 3.63) is 52.0 Å². The summed E-state index contributed by atoms with van der Waals surface area (Å²) in [6.45, 7) is 5.42. The SMILES string of the molecule is CCCc1ccc(C(C)NCCc2nccs2)cc1. The molecule has 3 heteroatoms. The summed E-state index contributed by atoms with van der Waals surface area (Å²) < 4.78 is 0. The van der Waals surface area contributed by atoms with Gasteiger partial charge in [-0.05, 0) is 24.5 Å². The van der Waals surface area contributed by atoms with E-state index in [4.69, 9.17) is 0 Å². The second-order valence-corrected chi connectivity index (χ2v) is 5.82. The van der Waals surface area contributed by atoms with Gasteiger partial charge in [-0.3, -0.25) is 0 Å². The predicted molar refractivity (Wildman–Crippen MR) is 82.7 cm³/mol. The Morgan fingerprint density at radius 3 is 2.63 bits per heavy atom. The number of benzene rings is 1. The van der Waals surface area contributed by atoms with Crippen LogP contribution in [0.25, 0.3) is 0 Å². The van der Waals surface area contributed by atoms with Gasteiger partial charge in [-0.25, -0.2) is 4.98 Å². The van der Waals surface area contributed by atoms with Gasteiger partial charge in [0.05, 0.1) is 5.01 Å². The second kappa shape index (κ2) is 7.41. The van der Waals surface area contributed by atoms with Crippen LogP contribution in [0, 0.1) is 0 Å². The van der Waals surface area contributed by atoms with Crippen molar-refractivity contribution >= 4 is 11.3 Å². The highest BCUT2D eigenvalue weighted by Crippen LogP contribution is 2.14. The number of nitrogens with one attached hydrogen (secondary N) is 1. The smallest absolute Gasteiger partial charge is 0.0937 e. The lowest BCUT2D eigenvalue weighted by Crippen LogP contribution is -2.21. The number of hydrogen-bond acceptors (Lipinski definition) is 3. The molecular weight excluding hydrogens is 252 g/mol. The van der Waals surface area contributed by atoms with Crippen molar-refractivity contribution in [1.82, 2.24) is 10.3 Å². The molecule has 1 N–H and O–H groups in total. The van der Waals surface area contributed by atoms with Crippen LogP contribution in [-0.2, 0) is 12.8 Å². The normalized spacial score (nSPS) is 12.5. The minimum atomic E-state index is 0.399. The number of hydrogen-bond donors (Lipinski definition) is 1. The molecule has 1 atom stereocenters. The Bertz CT molecular complexity index is 462. The summed E-state index contributed by atoms with van der Waals surface area (Å²) in [6, 6.07) is 9.38. The van der Waals surface area contributed by atoms with Gasteiger partial charge < -0.3 is 5.32 Å². The minimum absolute atomic E-state index is 0.399. The monoisotopic (exact) mass is 274 g/mol. The maximum absolute atomic E-state index is 4.30. The average molecular weight is 274 g/mol. The lowest BCUT2D eigenvalue weighted by atomic mass is 10.0. The number of nitrogens with zero attached hydrogens (tertiary/aromatic N) is 1. The maximum atomic E-state index is 4.30. The summed E-state index contributed by atoms with van der Waals surface area (Å²) in [5.74, 6) is 0. The van der Waals surface area contributed by atoms with Gasteiger partial charge in [-0.1, -0.05) is 37.6 Å². The highest BCUT2D eigenvalue weighted by Gasteiger charge is 2.05. The van der Waals surface area contributed by atoms with Crippen LogP contribution in [0.3, 0.4) is 0 Å². The van der Waals surface area contributed by atoms with E-state index in [9.17, 15) is 0 Å². The van der Waals surface area contributed by atoms with Gasteiger partial charge in [0.15, 0.2) is 0 Å². The van der Waals surface area contributed by atoms with Crippen LogP contribution in [0.5, 0.6) is 0 Å². The molecule has 1 aromatic carbocycles. The van der Waals surface area contributed by atoms with Crippen molar-refractivity contribution in [2.75, 3.05) is 6.54 Å². The van der Waals surface area contributed by atoms with Gasteiger partial charge in [-0.15, -0.1) is 11.3 Å². The number of rotatable bonds is 7. The van der Waals surface area contributed by atoms with Crippen LogP contribution in [0.2, 0.25) is 0 Å². The van der Waals surface area contributed by atoms with Crippen molar-refractivity contribution in [2.45, 2.75) is 39.2 Å². The van der Waals surface area contributed by atoms with E-state index in [1.807, 2.05) is 11.6 Å². The van der Waals surface area contributed by atoms with Crippen molar-refractivity contribution in [1.29, 1.82) is 0 Å². The molecule has 0 saturated heterocycles. The first-order valence-corrected chi connectivity index (χ1v) is 7.88. The van der Waals surface area contributed by atoms with Gasteiger partial charge in [0, 0.05) is 30.6 Å². The molecule has 2 rings (SSSR count). The molecule has 1 unspecified atom stereocenters. The van der Waals surface area contributed by atoms with E-state index in [1.165, 1.54) is 29.0 Å². The van der Waals surface area contributed by atoms with Crippen molar-refractivity contribution < 1.29 is 0 Å². The molecular formula is C16H22N2S. The molecule has 0 bridgehead atoms. The van der Waals surface area contributed by atoms with Crippen molar-refractivity contribution in [3.63, 3.8) is 0 Å². The molecule has 2 nitrogen and oxygen atoms in total. The van der Waals surface area contributed by atoms with Gasteiger partial charge >= 0.3 is 0 Å². The molecule has 0 spiro atoms. The van der Waals surface area contributed by atoms with E-state index in [-0.39, 0.29) is 0 Å². The fourth-order valence-electron chi connectivity index (χ4n) is 2.15. The van der Waals surface area contributed by atoms with Gasteiger partial charge in [-0.2, -0.15) is 0 Å². The Labute approximate surface area is 119 Å². The molecule has 0 aliphatic heterocycles. The van der Waals surface area contributed by atoms with Gasteiger partial charge in [0.1, 0.15) is 0 Å². The van der Waals surface area contributed by atoms with Gasteiger partial charge in [0.25, 0.3) is 0 Å². The van der Waals surface area contributed by atoms with Crippen LogP contribution < -0.4 is 5.32 Å². The first-order chi connectivity index (χ1) is 9.29. The highest BCUT2D eigenvalue weighted by molar-refractivity contribution is 7.09. The Balaban J connectivity index is 1.80. The molecule has 0 aliphatic rings. The average Bonchev–Trinajstić information content (AvgIpc) is 2.93. The first-order valence-electron chi connectivity index (χ1n) is 7.00. The van der Waals surface area contributed by atoms with Crippen LogP contribution in [0.15, 0.2) is 35.8 Å². The van der Waals surface area contributed by atoms with Crippen LogP contribution in [-0.4, -0.2) is 11.5 Å². The molecule has 1 heterocycles. The summed E-state index contributed by atoms with van der Waals surface area (Å²) in [5, 5.41) is 6.79. The summed E-state index contributed by atoms with van der Waals surface area (Å²) in [7, 11) is 0. The van der Waals surface area contributed by atoms with E-state index in [0.717, 1.165) is 13.0 Å². The van der Waals surface area contributed by atoms with Crippen LogP contribution >= 0.6 is 11.3 Å². The third-order valence-electron chi connectivity index (χ3n) is 3.29.